The number of amides is 1. The molecule has 0 bridgehead atoms. The van der Waals surface area contributed by atoms with Crippen LogP contribution in [0.1, 0.15) is 27.6 Å². The summed E-state index contributed by atoms with van der Waals surface area (Å²) >= 11 is 0. The molecule has 0 aliphatic carbocycles. The van der Waals surface area contributed by atoms with Gasteiger partial charge in [-0.05, 0) is 24.3 Å². The molecule has 2 aromatic carbocycles. The summed E-state index contributed by atoms with van der Waals surface area (Å²) in [5, 5.41) is 22.8. The van der Waals surface area contributed by atoms with Gasteiger partial charge in [-0.15, -0.1) is 5.75 Å². The number of rotatable bonds is 5. The summed E-state index contributed by atoms with van der Waals surface area (Å²) in [4.78, 5) is 34.5. The second-order valence-corrected chi connectivity index (χ2v) is 4.93. The van der Waals surface area contributed by atoms with Gasteiger partial charge in [-0.1, -0.05) is 12.1 Å². The number of esters is 1. The zero-order valence-corrected chi connectivity index (χ0v) is 13.4. The SMILES string of the molecule is COc1cc(C(=O)Nc2ccc([O-])cc2C(=O)O)ccc1OC(C)=O. The smallest absolute Gasteiger partial charge is 0.337 e. The Bertz CT molecular complexity index is 845. The highest BCUT2D eigenvalue weighted by molar-refractivity contribution is 6.08. The summed E-state index contributed by atoms with van der Waals surface area (Å²) in [5.74, 6) is -2.67. The molecule has 0 atom stereocenters. The fraction of sp³-hybridized carbons (Fsp3) is 0.118. The second kappa shape index (κ2) is 7.35. The van der Waals surface area contributed by atoms with Crippen molar-refractivity contribution in [2.75, 3.05) is 12.4 Å². The maximum atomic E-state index is 12.3. The average Bonchev–Trinajstić information content (AvgIpc) is 2.56. The number of carbonyl (C=O) groups excluding carboxylic acids is 2. The van der Waals surface area contributed by atoms with Gasteiger partial charge in [0.2, 0.25) is 0 Å². The molecular formula is C17H14NO7-. The Labute approximate surface area is 142 Å². The molecule has 25 heavy (non-hydrogen) atoms. The summed E-state index contributed by atoms with van der Waals surface area (Å²) in [7, 11) is 1.35. The molecule has 8 nitrogen and oxygen atoms in total. The van der Waals surface area contributed by atoms with Gasteiger partial charge in [0.25, 0.3) is 5.91 Å². The molecule has 0 saturated heterocycles. The van der Waals surface area contributed by atoms with Gasteiger partial charge in [-0.2, -0.15) is 0 Å². The summed E-state index contributed by atoms with van der Waals surface area (Å²) < 4.78 is 10.0. The molecule has 1 amide bonds. The fourth-order valence-electron chi connectivity index (χ4n) is 2.05. The van der Waals surface area contributed by atoms with Gasteiger partial charge in [0.1, 0.15) is 0 Å². The van der Waals surface area contributed by atoms with E-state index in [1.165, 1.54) is 38.3 Å². The van der Waals surface area contributed by atoms with Crippen LogP contribution in [0.5, 0.6) is 17.2 Å². The lowest BCUT2D eigenvalue weighted by Crippen LogP contribution is -2.15. The van der Waals surface area contributed by atoms with Gasteiger partial charge in [-0.25, -0.2) is 4.79 Å². The van der Waals surface area contributed by atoms with Crippen molar-refractivity contribution in [2.24, 2.45) is 0 Å². The maximum absolute atomic E-state index is 12.3. The Morgan fingerprint density at radius 3 is 2.40 bits per heavy atom. The van der Waals surface area contributed by atoms with Gasteiger partial charge in [0.15, 0.2) is 11.5 Å². The molecule has 0 fully saturated rings. The molecule has 0 heterocycles. The van der Waals surface area contributed by atoms with Gasteiger partial charge < -0.3 is 25.0 Å². The lowest BCUT2D eigenvalue weighted by molar-refractivity contribution is -0.268. The minimum atomic E-state index is -1.34. The largest absolute Gasteiger partial charge is 0.872 e. The molecule has 2 aromatic rings. The number of carboxylic acid groups (broad SMARTS) is 1. The van der Waals surface area contributed by atoms with Crippen molar-refractivity contribution >= 4 is 23.5 Å². The summed E-state index contributed by atoms with van der Waals surface area (Å²) in [6.45, 7) is 1.23. The first-order valence-electron chi connectivity index (χ1n) is 7.04. The zero-order chi connectivity index (χ0) is 18.6. The second-order valence-electron chi connectivity index (χ2n) is 4.93. The first-order valence-corrected chi connectivity index (χ1v) is 7.04. The molecule has 2 N–H and O–H groups in total. The normalized spacial score (nSPS) is 10.0. The van der Waals surface area contributed by atoms with Crippen molar-refractivity contribution in [1.29, 1.82) is 0 Å². The van der Waals surface area contributed by atoms with Crippen molar-refractivity contribution in [3.8, 4) is 17.2 Å². The van der Waals surface area contributed by atoms with Crippen LogP contribution in [0.4, 0.5) is 5.69 Å². The van der Waals surface area contributed by atoms with Crippen LogP contribution < -0.4 is 19.9 Å². The monoisotopic (exact) mass is 344 g/mol. The van der Waals surface area contributed by atoms with Crippen LogP contribution in [0.3, 0.4) is 0 Å². The number of carboxylic acids is 1. The van der Waals surface area contributed by atoms with Crippen molar-refractivity contribution in [2.45, 2.75) is 6.92 Å². The van der Waals surface area contributed by atoms with E-state index in [1.54, 1.807) is 0 Å². The number of nitrogens with one attached hydrogen (secondary N) is 1. The van der Waals surface area contributed by atoms with Crippen molar-refractivity contribution in [1.82, 2.24) is 0 Å². The number of methoxy groups -OCH3 is 1. The number of benzene rings is 2. The van der Waals surface area contributed by atoms with E-state index in [9.17, 15) is 19.5 Å². The fourth-order valence-corrected chi connectivity index (χ4v) is 2.05. The highest BCUT2D eigenvalue weighted by Gasteiger charge is 2.16. The number of anilines is 1. The number of hydrogen-bond acceptors (Lipinski definition) is 6. The van der Waals surface area contributed by atoms with Crippen LogP contribution in [0, 0.1) is 0 Å². The van der Waals surface area contributed by atoms with E-state index in [4.69, 9.17) is 14.6 Å². The third-order valence-electron chi connectivity index (χ3n) is 3.15. The number of carbonyl (C=O) groups is 3. The van der Waals surface area contributed by atoms with Crippen molar-refractivity contribution in [3.63, 3.8) is 0 Å². The van der Waals surface area contributed by atoms with Crippen LogP contribution in [-0.4, -0.2) is 30.1 Å². The Kier molecular flexibility index (Phi) is 5.23. The van der Waals surface area contributed by atoms with Gasteiger partial charge in [0.05, 0.1) is 18.4 Å². The molecule has 0 unspecified atom stereocenters. The average molecular weight is 344 g/mol. The van der Waals surface area contributed by atoms with E-state index >= 15 is 0 Å². The van der Waals surface area contributed by atoms with Gasteiger partial charge >= 0.3 is 11.9 Å². The lowest BCUT2D eigenvalue weighted by atomic mass is 10.1. The van der Waals surface area contributed by atoms with Crippen LogP contribution in [0.2, 0.25) is 0 Å². The van der Waals surface area contributed by atoms with E-state index < -0.39 is 23.6 Å². The first-order chi connectivity index (χ1) is 11.8. The Hall–Kier alpha value is -3.55. The minimum Gasteiger partial charge on any atom is -0.872 e. The standard InChI is InChI=1S/C17H15NO7/c1-9(19)25-14-6-3-10(7-15(14)24-2)16(21)18-13-5-4-11(20)8-12(13)17(22)23/h3-8,20H,1-2H3,(H,18,21)(H,22,23)/p-1. The zero-order valence-electron chi connectivity index (χ0n) is 13.4. The van der Waals surface area contributed by atoms with Crippen LogP contribution in [-0.2, 0) is 4.79 Å². The van der Waals surface area contributed by atoms with Crippen molar-refractivity contribution in [3.05, 3.63) is 47.5 Å². The Morgan fingerprint density at radius 2 is 1.80 bits per heavy atom. The predicted octanol–water partition coefficient (Wildman–Crippen LogP) is 1.64. The number of hydrogen-bond donors (Lipinski definition) is 2. The molecular weight excluding hydrogens is 330 g/mol. The van der Waals surface area contributed by atoms with E-state index in [1.807, 2.05) is 0 Å². The van der Waals surface area contributed by atoms with E-state index in [0.717, 1.165) is 12.1 Å². The maximum Gasteiger partial charge on any atom is 0.337 e. The molecule has 0 aromatic heterocycles. The summed E-state index contributed by atoms with van der Waals surface area (Å²) in [5.41, 5.74) is -0.181. The topological polar surface area (TPSA) is 125 Å². The van der Waals surface area contributed by atoms with E-state index in [2.05, 4.69) is 5.32 Å². The summed E-state index contributed by atoms with van der Waals surface area (Å²) in [6.07, 6.45) is 0. The van der Waals surface area contributed by atoms with Crippen LogP contribution in [0.25, 0.3) is 0 Å². The predicted molar refractivity (Wildman–Crippen MR) is 85.1 cm³/mol. The van der Waals surface area contributed by atoms with Crippen LogP contribution in [0.15, 0.2) is 36.4 Å². The number of ether oxygens (including phenoxy) is 2. The van der Waals surface area contributed by atoms with E-state index in [0.29, 0.717) is 0 Å². The van der Waals surface area contributed by atoms with Crippen molar-refractivity contribution < 1.29 is 34.1 Å². The molecule has 0 spiro atoms. The van der Waals surface area contributed by atoms with Crippen LogP contribution >= 0.6 is 0 Å². The Balaban J connectivity index is 2.30. The molecule has 130 valence electrons. The van der Waals surface area contributed by atoms with Gasteiger partial charge in [-0.3, -0.25) is 9.59 Å². The summed E-state index contributed by atoms with van der Waals surface area (Å²) in [6, 6.07) is 7.39. The van der Waals surface area contributed by atoms with E-state index in [-0.39, 0.29) is 28.3 Å². The highest BCUT2D eigenvalue weighted by Crippen LogP contribution is 2.29. The number of aromatic carboxylic acids is 1. The lowest BCUT2D eigenvalue weighted by Gasteiger charge is -2.13. The molecule has 2 rings (SSSR count). The molecule has 0 aliphatic heterocycles. The molecule has 0 saturated carbocycles. The highest BCUT2D eigenvalue weighted by atomic mass is 16.6. The third-order valence-corrected chi connectivity index (χ3v) is 3.15. The first kappa shape index (κ1) is 17.8. The molecule has 0 radical (unpaired) electrons. The minimum absolute atomic E-state index is 0.0138. The molecule has 0 aliphatic rings. The third kappa shape index (κ3) is 4.25. The quantitative estimate of drug-likeness (QED) is 0.624. The Morgan fingerprint density at radius 1 is 1.08 bits per heavy atom. The molecule has 8 heteroatoms. The van der Waals surface area contributed by atoms with Gasteiger partial charge in [0, 0.05) is 12.5 Å².